The summed E-state index contributed by atoms with van der Waals surface area (Å²) in [5.74, 6) is 0.288. The zero-order chi connectivity index (χ0) is 26.8. The van der Waals surface area contributed by atoms with Crippen molar-refractivity contribution in [3.8, 4) is 22.3 Å². The molecule has 0 spiro atoms. The van der Waals surface area contributed by atoms with Gasteiger partial charge in [0.25, 0.3) is 0 Å². The maximum absolute atomic E-state index is 3.74. The van der Waals surface area contributed by atoms with Gasteiger partial charge in [0.2, 0.25) is 0 Å². The van der Waals surface area contributed by atoms with E-state index < -0.39 is 0 Å². The molecule has 0 N–H and O–H groups in total. The van der Waals surface area contributed by atoms with Gasteiger partial charge >= 0.3 is 26.2 Å². The largest absolute Gasteiger partial charge is 3.00 e. The molecule has 0 bridgehead atoms. The molecule has 1 unspecified atom stereocenters. The summed E-state index contributed by atoms with van der Waals surface area (Å²) in [6, 6.07) is 39.5. The quantitative estimate of drug-likeness (QED) is 0.187. The summed E-state index contributed by atoms with van der Waals surface area (Å²) in [5, 5.41) is 2.59. The first-order chi connectivity index (χ1) is 19.2. The Morgan fingerprint density at radius 2 is 1.50 bits per heavy atom. The second-order valence-electron chi connectivity index (χ2n) is 10.7. The number of hydrogen-bond donors (Lipinski definition) is 0. The molecule has 209 valence electrons. The van der Waals surface area contributed by atoms with Gasteiger partial charge in [0.1, 0.15) is 0 Å². The monoisotopic (exact) mass is 679 g/mol. The van der Waals surface area contributed by atoms with E-state index in [0.29, 0.717) is 0 Å². The van der Waals surface area contributed by atoms with Crippen LogP contribution in [0.2, 0.25) is 13.1 Å². The minimum atomic E-state index is 0. The average Bonchev–Trinajstić information content (AvgIpc) is 3.54. The Kier molecular flexibility index (Phi) is 12.6. The van der Waals surface area contributed by atoms with Crippen molar-refractivity contribution in [3.05, 3.63) is 137 Å². The fourth-order valence-electron chi connectivity index (χ4n) is 6.39. The van der Waals surface area contributed by atoms with Gasteiger partial charge in [-0.3, -0.25) is 0 Å². The number of fused-ring (bicyclic) bond motifs is 5. The minimum absolute atomic E-state index is 0. The van der Waals surface area contributed by atoms with Crippen LogP contribution in [-0.4, -0.2) is 9.52 Å². The van der Waals surface area contributed by atoms with Crippen LogP contribution in [-0.2, 0) is 32.6 Å². The van der Waals surface area contributed by atoms with E-state index in [2.05, 4.69) is 129 Å². The van der Waals surface area contributed by atoms with Crippen molar-refractivity contribution in [1.29, 1.82) is 0 Å². The van der Waals surface area contributed by atoms with Crippen LogP contribution in [0.25, 0.3) is 39.1 Å². The molecule has 42 heavy (non-hydrogen) atoms. The normalized spacial score (nSPS) is 13.7. The second-order valence-corrected chi connectivity index (χ2v) is 11.7. The smallest absolute Gasteiger partial charge is 1.00 e. The number of allylic oxidation sites excluding steroid dienone is 1. The van der Waals surface area contributed by atoms with Crippen molar-refractivity contribution in [2.75, 3.05) is 0 Å². The van der Waals surface area contributed by atoms with Gasteiger partial charge in [0, 0.05) is 15.4 Å². The van der Waals surface area contributed by atoms with Gasteiger partial charge in [-0.05, 0) is 69.5 Å². The molecular weight excluding hydrogens is 647 g/mol. The van der Waals surface area contributed by atoms with E-state index in [0.717, 1.165) is 22.4 Å². The number of hydrogen-bond acceptors (Lipinski definition) is 0. The van der Waals surface area contributed by atoms with Crippen molar-refractivity contribution in [2.24, 2.45) is 0 Å². The zero-order valence-corrected chi connectivity index (χ0v) is 29.4. The first kappa shape index (κ1) is 34.3. The summed E-state index contributed by atoms with van der Waals surface area (Å²) in [4.78, 5) is 0. The molecule has 0 saturated heterocycles. The minimum Gasteiger partial charge on any atom is -1.00 e. The van der Waals surface area contributed by atoms with E-state index in [1.807, 2.05) is 0 Å². The van der Waals surface area contributed by atoms with Gasteiger partial charge in [-0.2, -0.15) is 18.2 Å². The Bertz CT molecular complexity index is 1690. The van der Waals surface area contributed by atoms with Crippen LogP contribution in [0, 0.1) is 6.07 Å². The molecule has 0 heterocycles. The summed E-state index contributed by atoms with van der Waals surface area (Å²) in [6.45, 7) is 6.60. The molecule has 0 aliphatic heterocycles. The Morgan fingerprint density at radius 3 is 2.29 bits per heavy atom. The van der Waals surface area contributed by atoms with E-state index in [-0.39, 0.29) is 56.9 Å². The number of rotatable bonds is 5. The predicted molar refractivity (Wildman–Crippen MR) is 170 cm³/mol. The molecule has 1 atom stereocenters. The van der Waals surface area contributed by atoms with Crippen LogP contribution in [0.3, 0.4) is 0 Å². The van der Waals surface area contributed by atoms with E-state index in [1.165, 1.54) is 73.7 Å². The Balaban J connectivity index is 0.000000776. The van der Waals surface area contributed by atoms with E-state index in [9.17, 15) is 0 Å². The third kappa shape index (κ3) is 6.48. The van der Waals surface area contributed by atoms with Crippen LogP contribution in [0.1, 0.15) is 59.9 Å². The standard InChI is InChI=1S/C36H29.C2H6Si.2ClH.Zr/c1-2-3-10-28-23-34-30(27-20-19-24-11-4-5-12-25(24)21-27)15-8-17-32(34)36(28)33-18-9-16-31-29-14-7-6-13-26(29)22-35(31)33;1-3-2;;;/h4-9,11-17,19-21,23,36H,2-3,10,22H2,1H3;1-2H3;2*1H;/q-1;;;;+3/p-2. The fourth-order valence-corrected chi connectivity index (χ4v) is 6.39. The average molecular weight is 682 g/mol. The molecule has 2 aliphatic rings. The summed E-state index contributed by atoms with van der Waals surface area (Å²) < 4.78 is 0. The molecule has 0 aromatic heterocycles. The van der Waals surface area contributed by atoms with Crippen LogP contribution in [0.4, 0.5) is 0 Å². The van der Waals surface area contributed by atoms with Gasteiger partial charge in [0.15, 0.2) is 0 Å². The molecule has 0 amide bonds. The molecular formula is C38H35Cl2SiZr. The van der Waals surface area contributed by atoms with Crippen LogP contribution in [0.5, 0.6) is 0 Å². The topological polar surface area (TPSA) is 0 Å². The van der Waals surface area contributed by atoms with Crippen molar-refractivity contribution in [1.82, 2.24) is 0 Å². The molecule has 5 aromatic rings. The number of halogens is 2. The van der Waals surface area contributed by atoms with Gasteiger partial charge in [-0.1, -0.05) is 117 Å². The number of unbranched alkanes of at least 4 members (excludes halogenated alkanes) is 1. The number of benzene rings is 5. The zero-order valence-electron chi connectivity index (χ0n) is 24.5. The van der Waals surface area contributed by atoms with E-state index in [1.54, 1.807) is 5.57 Å². The molecule has 4 heteroatoms. The summed E-state index contributed by atoms with van der Waals surface area (Å²) >= 11 is 0. The van der Waals surface area contributed by atoms with E-state index in [4.69, 9.17) is 0 Å². The third-order valence-corrected chi connectivity index (χ3v) is 8.13. The first-order valence-electron chi connectivity index (χ1n) is 14.3. The van der Waals surface area contributed by atoms with Gasteiger partial charge in [-0.25, -0.2) is 0 Å². The molecule has 5 aromatic carbocycles. The van der Waals surface area contributed by atoms with Crippen LogP contribution < -0.4 is 24.8 Å². The molecule has 0 fully saturated rings. The maximum Gasteiger partial charge on any atom is 3.00 e. The molecule has 3 radical (unpaired) electrons. The van der Waals surface area contributed by atoms with Gasteiger partial charge < -0.3 is 24.8 Å². The third-order valence-electron chi connectivity index (χ3n) is 8.13. The maximum atomic E-state index is 3.74. The molecule has 7 rings (SSSR count). The van der Waals surface area contributed by atoms with Crippen molar-refractivity contribution < 1.29 is 51.0 Å². The second kappa shape index (κ2) is 15.5. The van der Waals surface area contributed by atoms with Crippen LogP contribution in [0.15, 0.2) is 103 Å². The van der Waals surface area contributed by atoms with Crippen molar-refractivity contribution in [2.45, 2.75) is 51.6 Å². The van der Waals surface area contributed by atoms with Crippen LogP contribution >= 0.6 is 0 Å². The van der Waals surface area contributed by atoms with E-state index >= 15 is 0 Å². The fraction of sp³-hybridized carbons (Fsp3) is 0.211. The van der Waals surface area contributed by atoms with Crippen molar-refractivity contribution >= 4 is 26.4 Å². The van der Waals surface area contributed by atoms with Gasteiger partial charge in [-0.15, -0.1) is 16.7 Å². The first-order valence-corrected chi connectivity index (χ1v) is 16.3. The SMILES string of the molecule is CCCCC1=Cc2c(-c3ccc4ccccc4c3)cccc2C1c1[c-]ccc2c1Cc1ccccc1-2.C[Si]C.[Cl-].[Cl-].[Zr+3]. The predicted octanol–water partition coefficient (Wildman–Crippen LogP) is 4.39. The Labute approximate surface area is 285 Å². The van der Waals surface area contributed by atoms with Gasteiger partial charge in [0.05, 0.1) is 0 Å². The molecule has 0 nitrogen and oxygen atoms in total. The summed E-state index contributed by atoms with van der Waals surface area (Å²) in [7, 11) is 1.08. The molecule has 2 aliphatic carbocycles. The summed E-state index contributed by atoms with van der Waals surface area (Å²) in [6.07, 6.45) is 7.08. The molecule has 0 saturated carbocycles. The Morgan fingerprint density at radius 1 is 0.786 bits per heavy atom. The van der Waals surface area contributed by atoms with Crippen molar-refractivity contribution in [3.63, 3.8) is 0 Å². The Hall–Kier alpha value is -2.22. The summed E-state index contributed by atoms with van der Waals surface area (Å²) in [5.41, 5.74) is 14.1.